The van der Waals surface area contributed by atoms with E-state index < -0.39 is 71.0 Å². The van der Waals surface area contributed by atoms with Crippen LogP contribution in [0.5, 0.6) is 0 Å². The van der Waals surface area contributed by atoms with E-state index in [1.54, 1.807) is 13.2 Å². The minimum atomic E-state index is -1.46. The first kappa shape index (κ1) is 28.0. The molecule has 0 spiro atoms. The van der Waals surface area contributed by atoms with Gasteiger partial charge < -0.3 is 35.4 Å². The van der Waals surface area contributed by atoms with Gasteiger partial charge in [-0.25, -0.2) is 8.78 Å². The van der Waals surface area contributed by atoms with Gasteiger partial charge in [0.25, 0.3) is 0 Å². The molecule has 3 fully saturated rings. The number of carbonyl (C=O) groups is 1. The fourth-order valence-corrected chi connectivity index (χ4v) is 6.38. The molecule has 0 radical (unpaired) electrons. The van der Waals surface area contributed by atoms with E-state index in [-0.39, 0.29) is 11.8 Å². The Bertz CT molecular complexity index is 931. The van der Waals surface area contributed by atoms with Crippen LogP contribution in [0.1, 0.15) is 31.2 Å². The summed E-state index contributed by atoms with van der Waals surface area (Å²) in [4.78, 5) is 13.3. The molecular formula is C24H33ClF2N2O6S. The van der Waals surface area contributed by atoms with Crippen molar-refractivity contribution in [2.75, 3.05) is 19.4 Å². The van der Waals surface area contributed by atoms with Crippen molar-refractivity contribution in [1.29, 1.82) is 0 Å². The Balaban J connectivity index is 1.45. The van der Waals surface area contributed by atoms with Gasteiger partial charge in [-0.1, -0.05) is 6.07 Å². The normalized spacial score (nSPS) is 38.6. The van der Waals surface area contributed by atoms with Gasteiger partial charge >= 0.3 is 0 Å². The molecular weight excluding hydrogens is 518 g/mol. The van der Waals surface area contributed by atoms with Crippen LogP contribution in [0.3, 0.4) is 0 Å². The van der Waals surface area contributed by atoms with Crippen LogP contribution in [0, 0.1) is 17.6 Å². The van der Waals surface area contributed by atoms with Crippen molar-refractivity contribution in [2.24, 2.45) is 5.92 Å². The average molecular weight is 551 g/mol. The molecule has 36 heavy (non-hydrogen) atoms. The van der Waals surface area contributed by atoms with Crippen LogP contribution in [0.4, 0.5) is 8.78 Å². The molecule has 4 rings (SSSR count). The van der Waals surface area contributed by atoms with Gasteiger partial charge in [0, 0.05) is 25.1 Å². The highest BCUT2D eigenvalue weighted by Gasteiger charge is 2.49. The minimum Gasteiger partial charge on any atom is -0.388 e. The quantitative estimate of drug-likeness (QED) is 0.334. The lowest BCUT2D eigenvalue weighted by Crippen LogP contribution is -2.65. The molecule has 0 bridgehead atoms. The first-order valence-electron chi connectivity index (χ1n) is 12.1. The second-order valence-electron chi connectivity index (χ2n) is 9.76. The minimum absolute atomic E-state index is 0.0704. The molecule has 8 nitrogen and oxygen atoms in total. The maximum absolute atomic E-state index is 14.4. The number of fused-ring (bicyclic) bond motifs is 1. The van der Waals surface area contributed by atoms with Crippen molar-refractivity contribution in [1.82, 2.24) is 10.6 Å². The molecule has 3 aliphatic rings. The second kappa shape index (κ2) is 11.8. The summed E-state index contributed by atoms with van der Waals surface area (Å²) in [5.74, 6) is -1.84. The Morgan fingerprint density at radius 3 is 2.67 bits per heavy atom. The molecule has 0 aromatic heterocycles. The number of halogens is 3. The van der Waals surface area contributed by atoms with E-state index in [1.807, 2.05) is 0 Å². The van der Waals surface area contributed by atoms with Crippen LogP contribution < -0.4 is 10.6 Å². The van der Waals surface area contributed by atoms with Gasteiger partial charge in [0.1, 0.15) is 47.5 Å². The number of hydrogen-bond acceptors (Lipinski definition) is 8. The third kappa shape index (κ3) is 5.68. The number of benzene rings is 1. The highest BCUT2D eigenvalue weighted by Crippen LogP contribution is 2.37. The summed E-state index contributed by atoms with van der Waals surface area (Å²) in [7, 11) is 0. The number of rotatable bonds is 6. The molecule has 1 amide bonds. The lowest BCUT2D eigenvalue weighted by Gasteiger charge is -2.44. The monoisotopic (exact) mass is 550 g/mol. The van der Waals surface area contributed by atoms with Gasteiger partial charge in [0.05, 0.1) is 17.5 Å². The Kier molecular flexibility index (Phi) is 9.15. The maximum atomic E-state index is 14.4. The maximum Gasteiger partial charge on any atom is 0.240 e. The highest BCUT2D eigenvalue weighted by atomic mass is 35.5. The van der Waals surface area contributed by atoms with Crippen molar-refractivity contribution >= 4 is 29.3 Å². The van der Waals surface area contributed by atoms with Gasteiger partial charge in [-0.15, -0.1) is 23.4 Å². The van der Waals surface area contributed by atoms with Crippen LogP contribution in [-0.4, -0.2) is 94.1 Å². The first-order valence-corrected chi connectivity index (χ1v) is 13.8. The van der Waals surface area contributed by atoms with E-state index in [2.05, 4.69) is 10.6 Å². The number of amides is 1. The van der Waals surface area contributed by atoms with Crippen molar-refractivity contribution in [3.05, 3.63) is 35.4 Å². The van der Waals surface area contributed by atoms with Crippen LogP contribution in [0.25, 0.3) is 0 Å². The van der Waals surface area contributed by atoms with Gasteiger partial charge in [-0.05, 0) is 43.6 Å². The summed E-state index contributed by atoms with van der Waals surface area (Å²) in [6, 6.07) is 2.03. The fraction of sp³-hybridized carbons (Fsp3) is 0.708. The summed E-state index contributed by atoms with van der Waals surface area (Å²) in [5.41, 5.74) is -0.358. The molecule has 0 aliphatic carbocycles. The summed E-state index contributed by atoms with van der Waals surface area (Å²) < 4.78 is 39.6. The van der Waals surface area contributed by atoms with Crippen LogP contribution >= 0.6 is 23.4 Å². The molecule has 3 aliphatic heterocycles. The topological polar surface area (TPSA) is 120 Å². The molecule has 1 aromatic carbocycles. The van der Waals surface area contributed by atoms with Crippen molar-refractivity contribution in [3.63, 3.8) is 0 Å². The van der Waals surface area contributed by atoms with E-state index in [4.69, 9.17) is 21.1 Å². The summed E-state index contributed by atoms with van der Waals surface area (Å²) in [6.07, 6.45) is -2.90. The van der Waals surface area contributed by atoms with Gasteiger partial charge in [-0.3, -0.25) is 4.79 Å². The number of aliphatic hydroxyl groups excluding tert-OH is 3. The van der Waals surface area contributed by atoms with Crippen LogP contribution in [0.2, 0.25) is 0 Å². The third-order valence-electron chi connectivity index (χ3n) is 7.44. The van der Waals surface area contributed by atoms with E-state index in [9.17, 15) is 28.9 Å². The molecule has 11 atom stereocenters. The SMILES string of the molecule is CSC1O[C@H]([C@H](NC(=O)[C@H]2NC[C@@H]3C[C@@H](c4ccc(F)cc4F)CCO[C@H]32)[C@H](C)Cl)[C@@H](O)C(O)[C@H]1O. The zero-order valence-corrected chi connectivity index (χ0v) is 21.6. The third-order valence-corrected chi connectivity index (χ3v) is 8.56. The first-order chi connectivity index (χ1) is 17.1. The lowest BCUT2D eigenvalue weighted by molar-refractivity contribution is -0.205. The van der Waals surface area contributed by atoms with Gasteiger partial charge in [0.2, 0.25) is 5.91 Å². The number of hydrogen-bond donors (Lipinski definition) is 5. The van der Waals surface area contributed by atoms with Crippen molar-refractivity contribution in [2.45, 2.75) is 79.1 Å². The molecule has 202 valence electrons. The van der Waals surface area contributed by atoms with Crippen LogP contribution in [0.15, 0.2) is 18.2 Å². The van der Waals surface area contributed by atoms with Gasteiger partial charge in [0.15, 0.2) is 0 Å². The summed E-state index contributed by atoms with van der Waals surface area (Å²) >= 11 is 7.55. The Labute approximate surface area is 218 Å². The highest BCUT2D eigenvalue weighted by molar-refractivity contribution is 7.99. The van der Waals surface area contributed by atoms with Crippen molar-refractivity contribution < 1.29 is 38.4 Å². The lowest BCUT2D eigenvalue weighted by atomic mass is 9.85. The number of thioether (sulfide) groups is 1. The number of alkyl halides is 1. The molecule has 5 N–H and O–H groups in total. The standard InChI is InChI=1S/C24H33ClF2N2O6S/c1-10(25)16(22-19(31)18(30)20(32)24(35-22)36-2)29-23(33)17-21-12(9-28-17)7-11(5-6-34-21)14-4-3-13(26)8-15(14)27/h3-4,8,10-12,16-22,24,28,30-32H,5-7,9H2,1-2H3,(H,29,33)/t10-,11-,12-,16+,17-,18?,19-,20+,21+,22+,24?/m0/s1. The number of nitrogens with one attached hydrogen (secondary N) is 2. The van der Waals surface area contributed by atoms with E-state index in [0.29, 0.717) is 31.6 Å². The van der Waals surface area contributed by atoms with Crippen LogP contribution in [-0.2, 0) is 14.3 Å². The molecule has 3 saturated heterocycles. The van der Waals surface area contributed by atoms with E-state index in [1.165, 1.54) is 23.9 Å². The van der Waals surface area contributed by atoms with Gasteiger partial charge in [-0.2, -0.15) is 0 Å². The average Bonchev–Trinajstić information content (AvgIpc) is 3.11. The molecule has 12 heteroatoms. The molecule has 3 heterocycles. The number of aliphatic hydroxyl groups is 3. The van der Waals surface area contributed by atoms with Crippen molar-refractivity contribution in [3.8, 4) is 0 Å². The van der Waals surface area contributed by atoms with E-state index in [0.717, 1.165) is 6.07 Å². The van der Waals surface area contributed by atoms with E-state index >= 15 is 0 Å². The summed E-state index contributed by atoms with van der Waals surface area (Å²) in [6.45, 7) is 2.43. The zero-order chi connectivity index (χ0) is 26.1. The smallest absolute Gasteiger partial charge is 0.240 e. The fourth-order valence-electron chi connectivity index (χ4n) is 5.50. The molecule has 0 saturated carbocycles. The predicted molar refractivity (Wildman–Crippen MR) is 131 cm³/mol. The summed E-state index contributed by atoms with van der Waals surface area (Å²) in [5, 5.41) is 36.4. The Hall–Kier alpha value is -1.05. The largest absolute Gasteiger partial charge is 0.388 e. The molecule has 2 unspecified atom stereocenters. The number of ether oxygens (including phenoxy) is 2. The number of carbonyl (C=O) groups excluding carboxylic acids is 1. The molecule has 1 aromatic rings. The zero-order valence-electron chi connectivity index (χ0n) is 20.0. The second-order valence-corrected chi connectivity index (χ2v) is 11.4. The Morgan fingerprint density at radius 1 is 1.25 bits per heavy atom. The predicted octanol–water partition coefficient (Wildman–Crippen LogP) is 1.10. The Morgan fingerprint density at radius 2 is 2.00 bits per heavy atom.